The van der Waals surface area contributed by atoms with Crippen molar-refractivity contribution in [3.8, 4) is 0 Å². The number of carbonyl (C=O) groups is 1. The van der Waals surface area contributed by atoms with Gasteiger partial charge in [0.05, 0.1) is 25.7 Å². The van der Waals surface area contributed by atoms with Gasteiger partial charge in [-0.1, -0.05) is 133 Å². The number of nitrogens with zero attached hydrogens (tertiary/aromatic N) is 2. The molecule has 5 rings (SSSR count). The van der Waals surface area contributed by atoms with Crippen molar-refractivity contribution in [2.75, 3.05) is 25.0 Å². The molecular weight excluding hydrogens is 627 g/mol. The second-order valence-corrected chi connectivity index (χ2v) is 15.7. The number of quaternary nitrogens is 1. The Balaban J connectivity index is 1.36. The number of guanidine groups is 1. The number of unbranched alkanes of at least 4 members (excludes halogenated alkanes) is 3. The summed E-state index contributed by atoms with van der Waals surface area (Å²) in [6, 6.07) is 24.0. The van der Waals surface area contributed by atoms with Crippen LogP contribution in [0, 0.1) is 0 Å². The Morgan fingerprint density at radius 3 is 1.94 bits per heavy atom. The Morgan fingerprint density at radius 2 is 1.31 bits per heavy atom. The van der Waals surface area contributed by atoms with Crippen LogP contribution < -0.4 is 16.0 Å². The quantitative estimate of drug-likeness (QED) is 0.0706. The molecule has 3 aromatic carbocycles. The second-order valence-electron chi connectivity index (χ2n) is 15.7. The molecule has 2 aliphatic rings. The molecule has 6 heteroatoms. The lowest BCUT2D eigenvalue weighted by molar-refractivity contribution is -0.941. The highest BCUT2D eigenvalue weighted by Crippen LogP contribution is 2.24. The zero-order valence-electron chi connectivity index (χ0n) is 32.2. The summed E-state index contributed by atoms with van der Waals surface area (Å²) >= 11 is 0. The number of fused-ring (bicyclic) bond motifs is 1. The minimum absolute atomic E-state index is 0.0170. The summed E-state index contributed by atoms with van der Waals surface area (Å²) in [5.74, 6) is 0.794. The number of benzene rings is 3. The van der Waals surface area contributed by atoms with Gasteiger partial charge >= 0.3 is 0 Å². The number of hydrogen-bond donors (Lipinski definition) is 3. The van der Waals surface area contributed by atoms with E-state index in [0.717, 1.165) is 49.4 Å². The summed E-state index contributed by atoms with van der Waals surface area (Å²) in [5, 5.41) is 13.2. The monoisotopic (exact) mass is 695 g/mol. The van der Waals surface area contributed by atoms with Crippen LogP contribution in [-0.4, -0.2) is 54.1 Å². The van der Waals surface area contributed by atoms with E-state index in [2.05, 4.69) is 103 Å². The summed E-state index contributed by atoms with van der Waals surface area (Å²) in [5.41, 5.74) is 3.36. The van der Waals surface area contributed by atoms with E-state index in [1.54, 1.807) is 0 Å². The fraction of sp³-hybridized carbons (Fsp3) is 0.600. The number of aliphatic imine (C=N–C) groups is 1. The minimum Gasteiger partial charge on any atom is -0.354 e. The molecule has 0 aromatic heterocycles. The van der Waals surface area contributed by atoms with E-state index in [0.29, 0.717) is 18.5 Å². The van der Waals surface area contributed by atoms with Crippen molar-refractivity contribution in [1.82, 2.24) is 10.6 Å². The van der Waals surface area contributed by atoms with Gasteiger partial charge in [0.25, 0.3) is 0 Å². The summed E-state index contributed by atoms with van der Waals surface area (Å²) < 4.78 is 1.18. The molecule has 6 nitrogen and oxygen atoms in total. The predicted molar refractivity (Wildman–Crippen MR) is 217 cm³/mol. The molecule has 3 aromatic rings. The van der Waals surface area contributed by atoms with Gasteiger partial charge in [-0.25, -0.2) is 4.99 Å². The summed E-state index contributed by atoms with van der Waals surface area (Å²) in [6.45, 7) is 11.7. The van der Waals surface area contributed by atoms with Crippen molar-refractivity contribution in [3.05, 3.63) is 77.9 Å². The maximum absolute atomic E-state index is 14.3. The van der Waals surface area contributed by atoms with Crippen molar-refractivity contribution in [2.45, 2.75) is 155 Å². The fourth-order valence-corrected chi connectivity index (χ4v) is 8.29. The Bertz CT molecular complexity index is 1470. The molecular formula is C45H68N5O+. The molecule has 2 fully saturated rings. The Labute approximate surface area is 309 Å². The van der Waals surface area contributed by atoms with Crippen LogP contribution in [0.4, 0.5) is 5.69 Å². The van der Waals surface area contributed by atoms with Crippen LogP contribution >= 0.6 is 0 Å². The third kappa shape index (κ3) is 12.4. The summed E-state index contributed by atoms with van der Waals surface area (Å²) in [7, 11) is 0. The number of rotatable bonds is 18. The van der Waals surface area contributed by atoms with Crippen LogP contribution in [0.3, 0.4) is 0 Å². The van der Waals surface area contributed by atoms with Gasteiger partial charge in [0, 0.05) is 23.7 Å². The normalized spacial score (nSPS) is 17.0. The molecule has 0 spiro atoms. The zero-order valence-corrected chi connectivity index (χ0v) is 32.2. The van der Waals surface area contributed by atoms with Gasteiger partial charge in [-0.2, -0.15) is 0 Å². The Morgan fingerprint density at radius 1 is 0.725 bits per heavy atom. The lowest BCUT2D eigenvalue weighted by Crippen LogP contribution is -2.53. The average Bonchev–Trinajstić information content (AvgIpc) is 3.16. The molecule has 51 heavy (non-hydrogen) atoms. The van der Waals surface area contributed by atoms with Crippen molar-refractivity contribution < 1.29 is 9.28 Å². The second kappa shape index (κ2) is 20.6. The van der Waals surface area contributed by atoms with Gasteiger partial charge in [-0.15, -0.1) is 0 Å². The number of amides is 1. The van der Waals surface area contributed by atoms with E-state index in [4.69, 9.17) is 4.99 Å². The SMILES string of the molecule is CCCC[N+](CCCC)(CCCC)Cc1ccc(NC(=O)[C@H](Cc2ccc3ccccc3c2)NC(=NC2CCCCC2)NC2CCCCC2)cc1. The molecule has 0 aliphatic heterocycles. The molecule has 2 aliphatic carbocycles. The van der Waals surface area contributed by atoms with E-state index in [1.807, 2.05) is 0 Å². The third-order valence-electron chi connectivity index (χ3n) is 11.4. The van der Waals surface area contributed by atoms with Gasteiger partial charge in [0.2, 0.25) is 5.91 Å². The summed E-state index contributed by atoms with van der Waals surface area (Å²) in [6.07, 6.45) is 20.3. The van der Waals surface area contributed by atoms with Crippen molar-refractivity contribution in [3.63, 3.8) is 0 Å². The molecule has 1 atom stereocenters. The van der Waals surface area contributed by atoms with E-state index in [9.17, 15) is 4.79 Å². The third-order valence-corrected chi connectivity index (χ3v) is 11.4. The molecule has 3 N–H and O–H groups in total. The predicted octanol–water partition coefficient (Wildman–Crippen LogP) is 10.3. The van der Waals surface area contributed by atoms with Crippen LogP contribution in [0.1, 0.15) is 135 Å². The van der Waals surface area contributed by atoms with Gasteiger partial charge in [-0.3, -0.25) is 4.79 Å². The van der Waals surface area contributed by atoms with E-state index < -0.39 is 6.04 Å². The Hall–Kier alpha value is -3.38. The molecule has 2 saturated carbocycles. The first-order valence-electron chi connectivity index (χ1n) is 20.8. The Kier molecular flexibility index (Phi) is 15.7. The standard InChI is InChI=1S/C45H67N5O/c1-4-7-30-50(31-8-5-2,32-9-6-3)35-36-25-28-42(29-26-36)46-44(51)43(34-37-24-27-38-18-16-17-19-39(38)33-37)49-45(47-40-20-12-10-13-21-40)48-41-22-14-11-15-23-41/h16-19,24-29,33,40-41,43H,4-15,20-23,30-32,34-35H2,1-3H3,(H2-,46,47,48,49,51)/p+1/t43-/m0/s1. The van der Waals surface area contributed by atoms with Gasteiger partial charge in [0.15, 0.2) is 5.96 Å². The fourth-order valence-electron chi connectivity index (χ4n) is 8.29. The number of carbonyl (C=O) groups excluding carboxylic acids is 1. The largest absolute Gasteiger partial charge is 0.354 e. The molecule has 278 valence electrons. The van der Waals surface area contributed by atoms with Crippen molar-refractivity contribution in [2.24, 2.45) is 4.99 Å². The topological polar surface area (TPSA) is 65.5 Å². The first-order chi connectivity index (χ1) is 25.0. The van der Waals surface area contributed by atoms with Crippen LogP contribution in [0.2, 0.25) is 0 Å². The lowest BCUT2D eigenvalue weighted by Gasteiger charge is -2.39. The number of nitrogens with one attached hydrogen (secondary N) is 3. The highest BCUT2D eigenvalue weighted by Gasteiger charge is 2.27. The van der Waals surface area contributed by atoms with Crippen LogP contribution in [0.5, 0.6) is 0 Å². The van der Waals surface area contributed by atoms with Crippen LogP contribution in [-0.2, 0) is 17.8 Å². The van der Waals surface area contributed by atoms with E-state index >= 15 is 0 Å². The van der Waals surface area contributed by atoms with Gasteiger partial charge < -0.3 is 20.4 Å². The molecule has 0 bridgehead atoms. The highest BCUT2D eigenvalue weighted by atomic mass is 16.2. The summed E-state index contributed by atoms with van der Waals surface area (Å²) in [4.78, 5) is 19.6. The van der Waals surface area contributed by atoms with Crippen molar-refractivity contribution in [1.29, 1.82) is 0 Å². The molecule has 0 radical (unpaired) electrons. The van der Waals surface area contributed by atoms with E-state index in [-0.39, 0.29) is 5.91 Å². The van der Waals surface area contributed by atoms with Crippen LogP contribution in [0.15, 0.2) is 71.7 Å². The molecule has 0 heterocycles. The maximum Gasteiger partial charge on any atom is 0.247 e. The number of anilines is 1. The van der Waals surface area contributed by atoms with Gasteiger partial charge in [0.1, 0.15) is 12.6 Å². The minimum atomic E-state index is -0.467. The van der Waals surface area contributed by atoms with Gasteiger partial charge in [-0.05, 0) is 73.4 Å². The maximum atomic E-state index is 14.3. The molecule has 1 amide bonds. The zero-order chi connectivity index (χ0) is 35.7. The average molecular weight is 695 g/mol. The lowest BCUT2D eigenvalue weighted by atomic mass is 9.95. The first kappa shape index (κ1) is 38.8. The number of hydrogen-bond acceptors (Lipinski definition) is 2. The van der Waals surface area contributed by atoms with E-state index in [1.165, 1.54) is 118 Å². The highest BCUT2D eigenvalue weighted by molar-refractivity contribution is 5.98. The molecule has 0 unspecified atom stereocenters. The molecule has 0 saturated heterocycles. The van der Waals surface area contributed by atoms with Crippen LogP contribution in [0.25, 0.3) is 10.8 Å². The first-order valence-corrected chi connectivity index (χ1v) is 20.8. The van der Waals surface area contributed by atoms with Crippen molar-refractivity contribution >= 4 is 28.3 Å². The smallest absolute Gasteiger partial charge is 0.247 e.